The van der Waals surface area contributed by atoms with Crippen molar-refractivity contribution in [1.29, 1.82) is 0 Å². The van der Waals surface area contributed by atoms with Gasteiger partial charge in [-0.3, -0.25) is 15.6 Å². The van der Waals surface area contributed by atoms with Gasteiger partial charge in [-0.25, -0.2) is 0 Å². The third-order valence-corrected chi connectivity index (χ3v) is 4.46. The first-order valence-electron chi connectivity index (χ1n) is 8.26. The Morgan fingerprint density at radius 1 is 1.29 bits per heavy atom. The molecule has 0 aromatic heterocycles. The number of halogens is 2. The molecule has 0 saturated heterocycles. The van der Waals surface area contributed by atoms with Crippen LogP contribution in [0.25, 0.3) is 6.08 Å². The molecule has 0 aliphatic rings. The van der Waals surface area contributed by atoms with Gasteiger partial charge in [-0.2, -0.15) is 0 Å². The molecular formula is C19H19BrClN3O3S. The van der Waals surface area contributed by atoms with E-state index in [9.17, 15) is 4.79 Å². The SMILES string of the molecule is CCOc1cc(/C=C/C(=O)NNC(N)=S)cc(Br)c1OCc1ccccc1Cl. The van der Waals surface area contributed by atoms with Crippen LogP contribution in [0.4, 0.5) is 0 Å². The second kappa shape index (κ2) is 10.9. The fourth-order valence-electron chi connectivity index (χ4n) is 2.19. The molecule has 2 aromatic rings. The Morgan fingerprint density at radius 3 is 2.71 bits per heavy atom. The Kier molecular flexibility index (Phi) is 8.56. The lowest BCUT2D eigenvalue weighted by Crippen LogP contribution is -2.43. The highest BCUT2D eigenvalue weighted by atomic mass is 79.9. The molecule has 0 saturated carbocycles. The highest BCUT2D eigenvalue weighted by molar-refractivity contribution is 9.10. The zero-order valence-corrected chi connectivity index (χ0v) is 18.2. The molecular weight excluding hydrogens is 466 g/mol. The standard InChI is InChI=1S/C19H19BrClN3O3S/c1-2-26-16-10-12(7-8-17(25)23-24-19(22)28)9-14(20)18(16)27-11-13-5-3-4-6-15(13)21/h3-10H,2,11H2,1H3,(H,23,25)(H3,22,24,28)/b8-7+. The summed E-state index contributed by atoms with van der Waals surface area (Å²) in [5.41, 5.74) is 11.6. The molecule has 2 aromatic carbocycles. The molecule has 0 aliphatic heterocycles. The molecule has 0 spiro atoms. The fraction of sp³-hybridized carbons (Fsp3) is 0.158. The van der Waals surface area contributed by atoms with E-state index >= 15 is 0 Å². The quantitative estimate of drug-likeness (QED) is 0.313. The number of carbonyl (C=O) groups excluding carboxylic acids is 1. The van der Waals surface area contributed by atoms with E-state index in [2.05, 4.69) is 39.0 Å². The first-order valence-corrected chi connectivity index (χ1v) is 9.84. The molecule has 0 aliphatic carbocycles. The summed E-state index contributed by atoms with van der Waals surface area (Å²) in [6.45, 7) is 2.63. The summed E-state index contributed by atoms with van der Waals surface area (Å²) in [6.07, 6.45) is 2.97. The van der Waals surface area contributed by atoms with Gasteiger partial charge in [0.15, 0.2) is 16.6 Å². The van der Waals surface area contributed by atoms with Gasteiger partial charge in [-0.05, 0) is 64.9 Å². The number of rotatable bonds is 7. The van der Waals surface area contributed by atoms with Gasteiger partial charge in [-0.15, -0.1) is 0 Å². The van der Waals surface area contributed by atoms with Gasteiger partial charge in [0, 0.05) is 16.7 Å². The Balaban J connectivity index is 2.17. The molecule has 148 valence electrons. The van der Waals surface area contributed by atoms with Gasteiger partial charge in [0.05, 0.1) is 11.1 Å². The van der Waals surface area contributed by atoms with Crippen LogP contribution in [0.1, 0.15) is 18.1 Å². The van der Waals surface area contributed by atoms with Crippen molar-refractivity contribution < 1.29 is 14.3 Å². The number of nitrogens with one attached hydrogen (secondary N) is 2. The number of benzene rings is 2. The van der Waals surface area contributed by atoms with Crippen LogP contribution in [0.2, 0.25) is 5.02 Å². The van der Waals surface area contributed by atoms with Gasteiger partial charge >= 0.3 is 0 Å². The Labute approximate surface area is 182 Å². The Hall–Kier alpha value is -2.29. The summed E-state index contributed by atoms with van der Waals surface area (Å²) in [5, 5.41) is 0.607. The van der Waals surface area contributed by atoms with Crippen molar-refractivity contribution >= 4 is 56.8 Å². The molecule has 0 bridgehead atoms. The molecule has 1 amide bonds. The molecule has 0 fully saturated rings. The normalized spacial score (nSPS) is 10.5. The molecule has 9 heteroatoms. The molecule has 28 heavy (non-hydrogen) atoms. The molecule has 6 nitrogen and oxygen atoms in total. The Morgan fingerprint density at radius 2 is 2.04 bits per heavy atom. The minimum Gasteiger partial charge on any atom is -0.490 e. The predicted octanol–water partition coefficient (Wildman–Crippen LogP) is 3.96. The summed E-state index contributed by atoms with van der Waals surface area (Å²) in [6, 6.07) is 11.1. The second-order valence-electron chi connectivity index (χ2n) is 5.45. The average Bonchev–Trinajstić information content (AvgIpc) is 2.65. The summed E-state index contributed by atoms with van der Waals surface area (Å²) < 4.78 is 12.3. The fourth-order valence-corrected chi connectivity index (χ4v) is 3.00. The largest absolute Gasteiger partial charge is 0.490 e. The summed E-state index contributed by atoms with van der Waals surface area (Å²) in [7, 11) is 0. The van der Waals surface area contributed by atoms with E-state index < -0.39 is 5.91 Å². The topological polar surface area (TPSA) is 85.6 Å². The van der Waals surface area contributed by atoms with Gasteiger partial charge in [0.2, 0.25) is 0 Å². The minimum atomic E-state index is -0.402. The van der Waals surface area contributed by atoms with E-state index in [0.717, 1.165) is 11.1 Å². The van der Waals surface area contributed by atoms with Crippen molar-refractivity contribution in [2.45, 2.75) is 13.5 Å². The van der Waals surface area contributed by atoms with Gasteiger partial charge in [0.1, 0.15) is 6.61 Å². The van der Waals surface area contributed by atoms with Crippen LogP contribution in [0.5, 0.6) is 11.5 Å². The van der Waals surface area contributed by atoms with E-state index in [-0.39, 0.29) is 5.11 Å². The van der Waals surface area contributed by atoms with Crippen molar-refractivity contribution in [2.24, 2.45) is 5.73 Å². The van der Waals surface area contributed by atoms with Crippen molar-refractivity contribution in [3.63, 3.8) is 0 Å². The maximum Gasteiger partial charge on any atom is 0.262 e. The maximum absolute atomic E-state index is 11.7. The number of hydrogen-bond acceptors (Lipinski definition) is 4. The lowest BCUT2D eigenvalue weighted by molar-refractivity contribution is -0.116. The van der Waals surface area contributed by atoms with Crippen LogP contribution in [0.15, 0.2) is 46.9 Å². The lowest BCUT2D eigenvalue weighted by atomic mass is 10.2. The van der Waals surface area contributed by atoms with Gasteiger partial charge < -0.3 is 15.2 Å². The van der Waals surface area contributed by atoms with Crippen LogP contribution in [0.3, 0.4) is 0 Å². The van der Waals surface area contributed by atoms with E-state index in [1.54, 1.807) is 12.1 Å². The highest BCUT2D eigenvalue weighted by Crippen LogP contribution is 2.38. The van der Waals surface area contributed by atoms with Crippen LogP contribution in [0, 0.1) is 0 Å². The summed E-state index contributed by atoms with van der Waals surface area (Å²) in [4.78, 5) is 11.7. The second-order valence-corrected chi connectivity index (χ2v) is 7.16. The van der Waals surface area contributed by atoms with Gasteiger partial charge in [0.25, 0.3) is 5.91 Å². The number of carbonyl (C=O) groups is 1. The van der Waals surface area contributed by atoms with E-state index in [1.165, 1.54) is 6.08 Å². The van der Waals surface area contributed by atoms with Gasteiger partial charge in [-0.1, -0.05) is 29.8 Å². The first-order chi connectivity index (χ1) is 13.4. The number of hydrazine groups is 1. The third-order valence-electron chi connectivity index (χ3n) is 3.40. The number of thiocarbonyl (C=S) groups is 1. The minimum absolute atomic E-state index is 0.0249. The number of amides is 1. The number of hydrogen-bond donors (Lipinski definition) is 3. The highest BCUT2D eigenvalue weighted by Gasteiger charge is 2.13. The van der Waals surface area contributed by atoms with Crippen LogP contribution in [-0.2, 0) is 11.4 Å². The molecule has 4 N–H and O–H groups in total. The van der Waals surface area contributed by atoms with Crippen LogP contribution < -0.4 is 26.1 Å². The zero-order chi connectivity index (χ0) is 20.5. The third kappa shape index (κ3) is 6.70. The maximum atomic E-state index is 11.7. The monoisotopic (exact) mass is 483 g/mol. The molecule has 2 rings (SSSR count). The molecule has 0 unspecified atom stereocenters. The Bertz CT molecular complexity index is 893. The zero-order valence-electron chi connectivity index (χ0n) is 15.0. The summed E-state index contributed by atoms with van der Waals surface area (Å²) >= 11 is 14.3. The average molecular weight is 485 g/mol. The lowest BCUT2D eigenvalue weighted by Gasteiger charge is -2.15. The van der Waals surface area contributed by atoms with E-state index in [0.29, 0.717) is 34.2 Å². The molecule has 0 radical (unpaired) electrons. The number of ether oxygens (including phenoxy) is 2. The first kappa shape index (κ1) is 22.0. The van der Waals surface area contributed by atoms with Crippen LogP contribution >= 0.6 is 39.7 Å². The molecule has 0 atom stereocenters. The van der Waals surface area contributed by atoms with Crippen molar-refractivity contribution in [3.05, 3.63) is 63.1 Å². The number of nitrogens with two attached hydrogens (primary N) is 1. The van der Waals surface area contributed by atoms with Crippen molar-refractivity contribution in [1.82, 2.24) is 10.9 Å². The van der Waals surface area contributed by atoms with E-state index in [1.807, 2.05) is 37.3 Å². The predicted molar refractivity (Wildman–Crippen MR) is 118 cm³/mol. The smallest absolute Gasteiger partial charge is 0.262 e. The summed E-state index contributed by atoms with van der Waals surface area (Å²) in [5.74, 6) is 0.699. The van der Waals surface area contributed by atoms with Crippen molar-refractivity contribution in [3.8, 4) is 11.5 Å². The van der Waals surface area contributed by atoms with Crippen molar-refractivity contribution in [2.75, 3.05) is 6.61 Å². The van der Waals surface area contributed by atoms with E-state index in [4.69, 9.17) is 26.8 Å². The molecule has 0 heterocycles. The van der Waals surface area contributed by atoms with Crippen LogP contribution in [-0.4, -0.2) is 17.6 Å².